The molecule has 1 aliphatic heterocycles. The lowest BCUT2D eigenvalue weighted by Crippen LogP contribution is -2.44. The summed E-state index contributed by atoms with van der Waals surface area (Å²) < 4.78 is 5.36. The van der Waals surface area contributed by atoms with Gasteiger partial charge in [0.1, 0.15) is 11.6 Å². The SMILES string of the molecule is CC[C@@H](NC1CCN(c2ccccn2)CC1)c1cccc(OC)c1. The average Bonchev–Trinajstić information content (AvgIpc) is 2.67. The summed E-state index contributed by atoms with van der Waals surface area (Å²) in [4.78, 5) is 6.84. The lowest BCUT2D eigenvalue weighted by molar-refractivity contribution is 0.362. The lowest BCUT2D eigenvalue weighted by atomic mass is 9.99. The zero-order valence-electron chi connectivity index (χ0n) is 14.6. The maximum absolute atomic E-state index is 5.36. The van der Waals surface area contributed by atoms with Crippen molar-refractivity contribution in [1.82, 2.24) is 10.3 Å². The molecular formula is C20H27N3O. The Kier molecular flexibility index (Phi) is 5.70. The smallest absolute Gasteiger partial charge is 0.128 e. The number of rotatable bonds is 6. The Hall–Kier alpha value is -2.07. The molecular weight excluding hydrogens is 298 g/mol. The van der Waals surface area contributed by atoms with Crippen LogP contribution in [0.3, 0.4) is 0 Å². The second-order valence-electron chi connectivity index (χ2n) is 6.35. The van der Waals surface area contributed by atoms with Crippen LogP contribution in [-0.4, -0.2) is 31.2 Å². The number of hydrogen-bond donors (Lipinski definition) is 1. The number of ether oxygens (including phenoxy) is 1. The number of aromatic nitrogens is 1. The fraction of sp³-hybridized carbons (Fsp3) is 0.450. The summed E-state index contributed by atoms with van der Waals surface area (Å²) in [5, 5.41) is 3.84. The Labute approximate surface area is 144 Å². The number of piperidine rings is 1. The molecule has 2 heterocycles. The summed E-state index contributed by atoms with van der Waals surface area (Å²) in [7, 11) is 1.72. The Morgan fingerprint density at radius 2 is 2.04 bits per heavy atom. The van der Waals surface area contributed by atoms with Crippen LogP contribution in [0.1, 0.15) is 37.8 Å². The van der Waals surface area contributed by atoms with Gasteiger partial charge in [0.05, 0.1) is 7.11 Å². The molecule has 1 aliphatic rings. The zero-order valence-corrected chi connectivity index (χ0v) is 14.6. The zero-order chi connectivity index (χ0) is 16.8. The van der Waals surface area contributed by atoms with E-state index in [0.717, 1.165) is 43.9 Å². The van der Waals surface area contributed by atoms with E-state index in [-0.39, 0.29) is 0 Å². The summed E-state index contributed by atoms with van der Waals surface area (Å²) in [6.07, 6.45) is 5.25. The Morgan fingerprint density at radius 1 is 1.21 bits per heavy atom. The average molecular weight is 325 g/mol. The van der Waals surface area contributed by atoms with E-state index >= 15 is 0 Å². The molecule has 4 nitrogen and oxygen atoms in total. The minimum absolute atomic E-state index is 0.381. The summed E-state index contributed by atoms with van der Waals surface area (Å²) in [6, 6.07) is 15.5. The number of methoxy groups -OCH3 is 1. The van der Waals surface area contributed by atoms with Crippen molar-refractivity contribution >= 4 is 5.82 Å². The van der Waals surface area contributed by atoms with E-state index in [2.05, 4.69) is 52.5 Å². The molecule has 1 fully saturated rings. The Bertz CT molecular complexity index is 624. The fourth-order valence-electron chi connectivity index (χ4n) is 3.41. The molecule has 3 rings (SSSR count). The number of anilines is 1. The molecule has 0 bridgehead atoms. The molecule has 0 unspecified atom stereocenters. The van der Waals surface area contributed by atoms with Crippen LogP contribution in [0, 0.1) is 0 Å². The van der Waals surface area contributed by atoms with Crippen LogP contribution in [0.25, 0.3) is 0 Å². The van der Waals surface area contributed by atoms with Crippen LogP contribution in [0.4, 0.5) is 5.82 Å². The highest BCUT2D eigenvalue weighted by atomic mass is 16.5. The third kappa shape index (κ3) is 4.06. The van der Waals surface area contributed by atoms with E-state index in [1.807, 2.05) is 18.3 Å². The number of nitrogens with one attached hydrogen (secondary N) is 1. The maximum atomic E-state index is 5.36. The van der Waals surface area contributed by atoms with Gasteiger partial charge in [-0.2, -0.15) is 0 Å². The molecule has 0 aliphatic carbocycles. The Morgan fingerprint density at radius 3 is 2.71 bits per heavy atom. The summed E-state index contributed by atoms with van der Waals surface area (Å²) in [5.74, 6) is 2.02. The van der Waals surface area contributed by atoms with Crippen molar-refractivity contribution in [2.24, 2.45) is 0 Å². The predicted molar refractivity (Wildman–Crippen MR) is 98.6 cm³/mol. The van der Waals surface area contributed by atoms with Gasteiger partial charge in [0, 0.05) is 31.4 Å². The number of nitrogens with zero attached hydrogens (tertiary/aromatic N) is 2. The first-order chi connectivity index (χ1) is 11.8. The van der Waals surface area contributed by atoms with Crippen molar-refractivity contribution in [3.05, 3.63) is 54.2 Å². The van der Waals surface area contributed by atoms with Crippen molar-refractivity contribution in [3.8, 4) is 5.75 Å². The molecule has 4 heteroatoms. The van der Waals surface area contributed by atoms with Gasteiger partial charge in [-0.25, -0.2) is 4.98 Å². The summed E-state index contributed by atoms with van der Waals surface area (Å²) in [6.45, 7) is 4.35. The van der Waals surface area contributed by atoms with Crippen molar-refractivity contribution in [3.63, 3.8) is 0 Å². The van der Waals surface area contributed by atoms with E-state index in [4.69, 9.17) is 4.74 Å². The van der Waals surface area contributed by atoms with Gasteiger partial charge in [-0.1, -0.05) is 25.1 Å². The molecule has 1 saturated heterocycles. The Balaban J connectivity index is 1.58. The van der Waals surface area contributed by atoms with Gasteiger partial charge in [0.25, 0.3) is 0 Å². The molecule has 128 valence electrons. The second-order valence-corrected chi connectivity index (χ2v) is 6.35. The van der Waals surface area contributed by atoms with E-state index in [1.54, 1.807) is 7.11 Å². The third-order valence-corrected chi connectivity index (χ3v) is 4.81. The first-order valence-electron chi connectivity index (χ1n) is 8.86. The van der Waals surface area contributed by atoms with Crippen molar-refractivity contribution in [2.45, 2.75) is 38.3 Å². The van der Waals surface area contributed by atoms with E-state index in [1.165, 1.54) is 5.56 Å². The second kappa shape index (κ2) is 8.15. The molecule has 1 aromatic heterocycles. The van der Waals surface area contributed by atoms with Crippen LogP contribution in [0.15, 0.2) is 48.7 Å². The van der Waals surface area contributed by atoms with Crippen molar-refractivity contribution in [1.29, 1.82) is 0 Å². The van der Waals surface area contributed by atoms with Gasteiger partial charge >= 0.3 is 0 Å². The minimum atomic E-state index is 0.381. The van der Waals surface area contributed by atoms with Crippen LogP contribution >= 0.6 is 0 Å². The van der Waals surface area contributed by atoms with Gasteiger partial charge < -0.3 is 15.0 Å². The van der Waals surface area contributed by atoms with Crippen molar-refractivity contribution in [2.75, 3.05) is 25.1 Å². The standard InChI is InChI=1S/C20H27N3O/c1-3-19(16-7-6-8-18(15-16)24-2)22-17-10-13-23(14-11-17)20-9-4-5-12-21-20/h4-9,12,15,17,19,22H,3,10-11,13-14H2,1-2H3/t19-/m1/s1. The first kappa shape index (κ1) is 16.8. The van der Waals surface area contributed by atoms with Crippen LogP contribution in [-0.2, 0) is 0 Å². The third-order valence-electron chi connectivity index (χ3n) is 4.81. The summed E-state index contributed by atoms with van der Waals surface area (Å²) in [5.41, 5.74) is 1.31. The molecule has 2 aromatic rings. The maximum Gasteiger partial charge on any atom is 0.128 e. The monoisotopic (exact) mass is 325 g/mol. The highest BCUT2D eigenvalue weighted by Crippen LogP contribution is 2.24. The fourth-order valence-corrected chi connectivity index (χ4v) is 3.41. The molecule has 1 atom stereocenters. The van der Waals surface area contributed by atoms with Gasteiger partial charge in [0.2, 0.25) is 0 Å². The van der Waals surface area contributed by atoms with Gasteiger partial charge in [-0.05, 0) is 49.1 Å². The number of pyridine rings is 1. The topological polar surface area (TPSA) is 37.4 Å². The van der Waals surface area contributed by atoms with Crippen LogP contribution in [0.2, 0.25) is 0 Å². The van der Waals surface area contributed by atoms with Gasteiger partial charge in [-0.15, -0.1) is 0 Å². The molecule has 0 spiro atoms. The van der Waals surface area contributed by atoms with Gasteiger partial charge in [0.15, 0.2) is 0 Å². The molecule has 0 radical (unpaired) electrons. The van der Waals surface area contributed by atoms with Crippen LogP contribution in [0.5, 0.6) is 5.75 Å². The normalized spacial score (nSPS) is 16.8. The number of hydrogen-bond acceptors (Lipinski definition) is 4. The lowest BCUT2D eigenvalue weighted by Gasteiger charge is -2.35. The molecule has 0 saturated carbocycles. The largest absolute Gasteiger partial charge is 0.497 e. The summed E-state index contributed by atoms with van der Waals surface area (Å²) >= 11 is 0. The predicted octanol–water partition coefficient (Wildman–Crippen LogP) is 3.80. The minimum Gasteiger partial charge on any atom is -0.497 e. The highest BCUT2D eigenvalue weighted by Gasteiger charge is 2.22. The van der Waals surface area contributed by atoms with Crippen LogP contribution < -0.4 is 15.0 Å². The van der Waals surface area contributed by atoms with E-state index < -0.39 is 0 Å². The molecule has 0 amide bonds. The quantitative estimate of drug-likeness (QED) is 0.876. The molecule has 1 aromatic carbocycles. The molecule has 24 heavy (non-hydrogen) atoms. The molecule has 1 N–H and O–H groups in total. The van der Waals surface area contributed by atoms with E-state index in [9.17, 15) is 0 Å². The highest BCUT2D eigenvalue weighted by molar-refractivity contribution is 5.38. The van der Waals surface area contributed by atoms with Gasteiger partial charge in [-0.3, -0.25) is 0 Å². The van der Waals surface area contributed by atoms with Crippen molar-refractivity contribution < 1.29 is 4.74 Å². The van der Waals surface area contributed by atoms with E-state index in [0.29, 0.717) is 12.1 Å². The first-order valence-corrected chi connectivity index (χ1v) is 8.86. The number of benzene rings is 1.